The monoisotopic (exact) mass is 264 g/mol. The van der Waals surface area contributed by atoms with Gasteiger partial charge in [-0.2, -0.15) is 0 Å². The molecular formula is C13H21BN2O3. The van der Waals surface area contributed by atoms with Crippen molar-refractivity contribution in [2.75, 3.05) is 7.11 Å². The van der Waals surface area contributed by atoms with Gasteiger partial charge < -0.3 is 19.8 Å². The normalized spacial score (nSPS) is 20.6. The van der Waals surface area contributed by atoms with E-state index >= 15 is 0 Å². The van der Waals surface area contributed by atoms with Gasteiger partial charge in [0.05, 0.1) is 24.0 Å². The highest BCUT2D eigenvalue weighted by atomic mass is 16.7. The molecule has 0 aliphatic carbocycles. The summed E-state index contributed by atoms with van der Waals surface area (Å²) in [5.74, 6) is 0.521. The number of hydrogen-bond acceptors (Lipinski definition) is 5. The average Bonchev–Trinajstić information content (AvgIpc) is 2.58. The average molecular weight is 264 g/mol. The molecule has 1 aromatic rings. The summed E-state index contributed by atoms with van der Waals surface area (Å²) in [5, 5.41) is 0. The van der Waals surface area contributed by atoms with Crippen LogP contribution in [0.4, 0.5) is 0 Å². The Morgan fingerprint density at radius 1 is 1.21 bits per heavy atom. The molecular weight excluding hydrogens is 243 g/mol. The Balaban J connectivity index is 2.33. The zero-order valence-electron chi connectivity index (χ0n) is 12.2. The molecule has 0 aromatic carbocycles. The van der Waals surface area contributed by atoms with Crippen LogP contribution in [0.5, 0.6) is 5.88 Å². The first-order chi connectivity index (χ1) is 8.79. The maximum Gasteiger partial charge on any atom is 0.495 e. The van der Waals surface area contributed by atoms with Crippen LogP contribution >= 0.6 is 0 Å². The van der Waals surface area contributed by atoms with Crippen molar-refractivity contribution in [2.24, 2.45) is 5.73 Å². The molecule has 0 radical (unpaired) electrons. The Bertz CT molecular complexity index is 439. The van der Waals surface area contributed by atoms with Gasteiger partial charge in [-0.25, -0.2) is 4.98 Å². The maximum atomic E-state index is 6.00. The molecule has 0 spiro atoms. The van der Waals surface area contributed by atoms with Crippen LogP contribution in [-0.2, 0) is 15.9 Å². The third kappa shape index (κ3) is 2.61. The number of methoxy groups -OCH3 is 1. The molecule has 5 nitrogen and oxygen atoms in total. The molecule has 1 saturated heterocycles. The van der Waals surface area contributed by atoms with Crippen LogP contribution in [0, 0.1) is 0 Å². The number of ether oxygens (including phenoxy) is 1. The minimum atomic E-state index is -0.424. The summed E-state index contributed by atoms with van der Waals surface area (Å²) in [6, 6.07) is 3.71. The zero-order chi connectivity index (χ0) is 14.3. The lowest BCUT2D eigenvalue weighted by atomic mass is 9.79. The molecule has 6 heteroatoms. The molecule has 0 unspecified atom stereocenters. The SMILES string of the molecule is COc1cc(B2OC(C)(C)C(C)(C)O2)cc(CN)n1. The summed E-state index contributed by atoms with van der Waals surface area (Å²) in [6.45, 7) is 8.44. The molecule has 104 valence electrons. The first-order valence-electron chi connectivity index (χ1n) is 6.39. The first-order valence-corrected chi connectivity index (χ1v) is 6.39. The molecule has 0 saturated carbocycles. The number of aromatic nitrogens is 1. The summed E-state index contributed by atoms with van der Waals surface area (Å²) in [7, 11) is 1.16. The number of hydrogen-bond donors (Lipinski definition) is 1. The van der Waals surface area contributed by atoms with E-state index in [4.69, 9.17) is 19.8 Å². The second kappa shape index (κ2) is 4.78. The number of rotatable bonds is 3. The summed E-state index contributed by atoms with van der Waals surface area (Å²) in [5.41, 5.74) is 6.55. The van der Waals surface area contributed by atoms with Crippen molar-refractivity contribution in [2.45, 2.75) is 45.4 Å². The fourth-order valence-electron chi connectivity index (χ4n) is 1.91. The Hall–Kier alpha value is -1.11. The van der Waals surface area contributed by atoms with Crippen molar-refractivity contribution in [1.29, 1.82) is 0 Å². The Kier molecular flexibility index (Phi) is 3.60. The van der Waals surface area contributed by atoms with Gasteiger partial charge in [-0.1, -0.05) is 0 Å². The lowest BCUT2D eigenvalue weighted by Gasteiger charge is -2.32. The van der Waals surface area contributed by atoms with Crippen molar-refractivity contribution in [3.8, 4) is 5.88 Å². The molecule has 2 N–H and O–H groups in total. The predicted octanol–water partition coefficient (Wildman–Crippen LogP) is 0.848. The molecule has 0 atom stereocenters. The number of nitrogens with zero attached hydrogens (tertiary/aromatic N) is 1. The van der Waals surface area contributed by atoms with Crippen LogP contribution in [0.1, 0.15) is 33.4 Å². The standard InChI is InChI=1S/C13H21BN2O3/c1-12(2)13(3,4)19-14(18-12)9-6-10(8-15)16-11(7-9)17-5/h6-7H,8,15H2,1-5H3. The van der Waals surface area contributed by atoms with Crippen LogP contribution < -0.4 is 15.9 Å². The quantitative estimate of drug-likeness (QED) is 0.820. The largest absolute Gasteiger partial charge is 0.495 e. The fourth-order valence-corrected chi connectivity index (χ4v) is 1.91. The van der Waals surface area contributed by atoms with Gasteiger partial charge >= 0.3 is 7.12 Å². The molecule has 0 bridgehead atoms. The van der Waals surface area contributed by atoms with E-state index < -0.39 is 7.12 Å². The van der Waals surface area contributed by atoms with Crippen LogP contribution in [0.15, 0.2) is 12.1 Å². The van der Waals surface area contributed by atoms with E-state index in [1.54, 1.807) is 7.11 Å². The summed E-state index contributed by atoms with van der Waals surface area (Å²) in [4.78, 5) is 4.26. The van der Waals surface area contributed by atoms with Crippen LogP contribution in [-0.4, -0.2) is 30.4 Å². The molecule has 1 aromatic heterocycles. The topological polar surface area (TPSA) is 66.6 Å². The predicted molar refractivity (Wildman–Crippen MR) is 74.4 cm³/mol. The van der Waals surface area contributed by atoms with Crippen molar-refractivity contribution in [1.82, 2.24) is 4.98 Å². The first kappa shape index (κ1) is 14.3. The van der Waals surface area contributed by atoms with E-state index in [1.807, 2.05) is 39.8 Å². The molecule has 2 heterocycles. The minimum absolute atomic E-state index is 0.351. The van der Waals surface area contributed by atoms with Gasteiger partial charge in [0.1, 0.15) is 0 Å². The molecule has 1 fully saturated rings. The van der Waals surface area contributed by atoms with Crippen molar-refractivity contribution in [3.63, 3.8) is 0 Å². The molecule has 0 amide bonds. The second-order valence-corrected chi connectivity index (χ2v) is 5.73. The van der Waals surface area contributed by atoms with Crippen LogP contribution in [0.25, 0.3) is 0 Å². The van der Waals surface area contributed by atoms with E-state index in [1.165, 1.54) is 0 Å². The van der Waals surface area contributed by atoms with Crippen LogP contribution in [0.3, 0.4) is 0 Å². The van der Waals surface area contributed by atoms with E-state index in [2.05, 4.69) is 4.98 Å². The highest BCUT2D eigenvalue weighted by Crippen LogP contribution is 2.36. The van der Waals surface area contributed by atoms with Gasteiger partial charge in [0.15, 0.2) is 0 Å². The van der Waals surface area contributed by atoms with Gasteiger partial charge in [-0.05, 0) is 39.2 Å². The zero-order valence-corrected chi connectivity index (χ0v) is 12.2. The van der Waals surface area contributed by atoms with E-state index in [0.717, 1.165) is 11.2 Å². The lowest BCUT2D eigenvalue weighted by Crippen LogP contribution is -2.41. The second-order valence-electron chi connectivity index (χ2n) is 5.73. The third-order valence-electron chi connectivity index (χ3n) is 3.82. The highest BCUT2D eigenvalue weighted by molar-refractivity contribution is 6.62. The lowest BCUT2D eigenvalue weighted by molar-refractivity contribution is 0.00578. The summed E-state index contributed by atoms with van der Waals surface area (Å²) in [6.07, 6.45) is 0. The third-order valence-corrected chi connectivity index (χ3v) is 3.82. The van der Waals surface area contributed by atoms with Crippen molar-refractivity contribution >= 4 is 12.6 Å². The highest BCUT2D eigenvalue weighted by Gasteiger charge is 2.51. The van der Waals surface area contributed by atoms with Gasteiger partial charge in [0.2, 0.25) is 5.88 Å². The Morgan fingerprint density at radius 2 is 1.79 bits per heavy atom. The van der Waals surface area contributed by atoms with Gasteiger partial charge in [-0.15, -0.1) is 0 Å². The number of pyridine rings is 1. The molecule has 1 aliphatic heterocycles. The number of nitrogens with two attached hydrogens (primary N) is 1. The molecule has 2 rings (SSSR count). The van der Waals surface area contributed by atoms with E-state index in [-0.39, 0.29) is 11.2 Å². The smallest absolute Gasteiger partial charge is 0.481 e. The Morgan fingerprint density at radius 3 is 2.26 bits per heavy atom. The van der Waals surface area contributed by atoms with E-state index in [9.17, 15) is 0 Å². The van der Waals surface area contributed by atoms with Crippen LogP contribution in [0.2, 0.25) is 0 Å². The van der Waals surface area contributed by atoms with E-state index in [0.29, 0.717) is 12.4 Å². The van der Waals surface area contributed by atoms with Gasteiger partial charge in [-0.3, -0.25) is 0 Å². The molecule has 1 aliphatic rings. The summed E-state index contributed by atoms with van der Waals surface area (Å²) < 4.78 is 17.2. The van der Waals surface area contributed by atoms with Gasteiger partial charge in [0.25, 0.3) is 0 Å². The van der Waals surface area contributed by atoms with Crippen molar-refractivity contribution in [3.05, 3.63) is 17.8 Å². The Labute approximate surface area is 114 Å². The van der Waals surface area contributed by atoms with Crippen molar-refractivity contribution < 1.29 is 14.0 Å². The summed E-state index contributed by atoms with van der Waals surface area (Å²) >= 11 is 0. The fraction of sp³-hybridized carbons (Fsp3) is 0.615. The minimum Gasteiger partial charge on any atom is -0.481 e. The van der Waals surface area contributed by atoms with Gasteiger partial charge in [0, 0.05) is 12.6 Å². The molecule has 19 heavy (non-hydrogen) atoms. The maximum absolute atomic E-state index is 6.00.